The van der Waals surface area contributed by atoms with E-state index >= 15 is 0 Å². The minimum absolute atomic E-state index is 0. The molecule has 0 amide bonds. The Labute approximate surface area is 161 Å². The van der Waals surface area contributed by atoms with E-state index in [0.717, 1.165) is 25.0 Å². The maximum Gasteiger partial charge on any atom is 0.191 e. The third kappa shape index (κ3) is 5.22. The van der Waals surface area contributed by atoms with Crippen molar-refractivity contribution in [3.8, 4) is 0 Å². The van der Waals surface area contributed by atoms with Crippen LogP contribution in [0.3, 0.4) is 0 Å². The Morgan fingerprint density at radius 1 is 1.29 bits per heavy atom. The molecule has 5 nitrogen and oxygen atoms in total. The summed E-state index contributed by atoms with van der Waals surface area (Å²) in [6.07, 6.45) is 5.03. The van der Waals surface area contributed by atoms with E-state index in [1.807, 2.05) is 23.1 Å². The van der Waals surface area contributed by atoms with E-state index in [0.29, 0.717) is 12.6 Å². The van der Waals surface area contributed by atoms with Gasteiger partial charge >= 0.3 is 0 Å². The number of rotatable bonds is 6. The van der Waals surface area contributed by atoms with Crippen LogP contribution >= 0.6 is 24.0 Å². The lowest BCUT2D eigenvalue weighted by Crippen LogP contribution is -2.39. The van der Waals surface area contributed by atoms with Crippen LogP contribution < -0.4 is 10.6 Å². The van der Waals surface area contributed by atoms with E-state index in [9.17, 15) is 0 Å². The van der Waals surface area contributed by atoms with E-state index in [4.69, 9.17) is 4.99 Å². The summed E-state index contributed by atoms with van der Waals surface area (Å²) in [5.41, 5.74) is 2.50. The molecule has 1 aromatic carbocycles. The molecule has 1 aliphatic carbocycles. The van der Waals surface area contributed by atoms with Crippen molar-refractivity contribution in [2.45, 2.75) is 39.4 Å². The average molecular weight is 439 g/mol. The highest BCUT2D eigenvalue weighted by Crippen LogP contribution is 2.28. The van der Waals surface area contributed by atoms with Crippen molar-refractivity contribution < 1.29 is 0 Å². The molecule has 1 heterocycles. The summed E-state index contributed by atoms with van der Waals surface area (Å²) in [5.74, 6) is 1.67. The van der Waals surface area contributed by atoms with Crippen LogP contribution in [0.2, 0.25) is 0 Å². The van der Waals surface area contributed by atoms with Crippen LogP contribution in [0.1, 0.15) is 31.4 Å². The second kappa shape index (κ2) is 9.05. The molecule has 0 saturated heterocycles. The standard InChI is InChI=1S/C18H25N5.HI/c1-3-19-18(22-17-11-14(17)2)20-12-15-7-4-5-8-16(15)13-23-10-6-9-21-23;/h4-10,14,17H,3,11-13H2,1-2H3,(H2,19,20,22);1H. The summed E-state index contributed by atoms with van der Waals surface area (Å²) in [7, 11) is 0. The summed E-state index contributed by atoms with van der Waals surface area (Å²) in [6.45, 7) is 6.69. The van der Waals surface area contributed by atoms with Crippen molar-refractivity contribution in [1.29, 1.82) is 0 Å². The molecule has 1 aromatic heterocycles. The van der Waals surface area contributed by atoms with Crippen LogP contribution in [0.5, 0.6) is 0 Å². The van der Waals surface area contributed by atoms with Crippen molar-refractivity contribution >= 4 is 29.9 Å². The number of guanidine groups is 1. The quantitative estimate of drug-likeness (QED) is 0.414. The van der Waals surface area contributed by atoms with Crippen molar-refractivity contribution in [3.63, 3.8) is 0 Å². The summed E-state index contributed by atoms with van der Waals surface area (Å²) in [5, 5.41) is 11.1. The molecule has 1 saturated carbocycles. The highest BCUT2D eigenvalue weighted by molar-refractivity contribution is 14.0. The molecule has 0 spiro atoms. The molecule has 2 unspecified atom stereocenters. The van der Waals surface area contributed by atoms with E-state index in [-0.39, 0.29) is 24.0 Å². The van der Waals surface area contributed by atoms with Gasteiger partial charge in [0.05, 0.1) is 13.1 Å². The van der Waals surface area contributed by atoms with Crippen LogP contribution in [0.4, 0.5) is 0 Å². The number of hydrogen-bond acceptors (Lipinski definition) is 2. The van der Waals surface area contributed by atoms with Gasteiger partial charge in [0.25, 0.3) is 0 Å². The zero-order valence-corrected chi connectivity index (χ0v) is 16.6. The number of hydrogen-bond donors (Lipinski definition) is 2. The largest absolute Gasteiger partial charge is 0.357 e. The van der Waals surface area contributed by atoms with Crippen LogP contribution in [0.25, 0.3) is 0 Å². The van der Waals surface area contributed by atoms with Gasteiger partial charge in [-0.25, -0.2) is 4.99 Å². The van der Waals surface area contributed by atoms with Gasteiger partial charge in [-0.1, -0.05) is 31.2 Å². The molecule has 3 rings (SSSR count). The SMILES string of the molecule is CCNC(=NCc1ccccc1Cn1cccn1)NC1CC1C.I. The molecule has 1 fully saturated rings. The Kier molecular flexibility index (Phi) is 7.08. The Balaban J connectivity index is 0.00000208. The maximum absolute atomic E-state index is 4.75. The zero-order chi connectivity index (χ0) is 16.1. The Morgan fingerprint density at radius 2 is 2.04 bits per heavy atom. The first-order chi connectivity index (χ1) is 11.3. The fourth-order valence-corrected chi connectivity index (χ4v) is 2.62. The zero-order valence-electron chi connectivity index (χ0n) is 14.3. The van der Waals surface area contributed by atoms with Gasteiger partial charge in [-0.3, -0.25) is 4.68 Å². The van der Waals surface area contributed by atoms with Gasteiger partial charge in [-0.05, 0) is 36.5 Å². The van der Waals surface area contributed by atoms with Gasteiger partial charge < -0.3 is 10.6 Å². The third-order valence-corrected chi connectivity index (χ3v) is 4.19. The van der Waals surface area contributed by atoms with E-state index in [1.54, 1.807) is 0 Å². The lowest BCUT2D eigenvalue weighted by Gasteiger charge is -2.12. The molecule has 0 radical (unpaired) electrons. The summed E-state index contributed by atoms with van der Waals surface area (Å²) in [6, 6.07) is 11.0. The highest BCUT2D eigenvalue weighted by atomic mass is 127. The normalized spacial score (nSPS) is 19.5. The molecule has 130 valence electrons. The van der Waals surface area contributed by atoms with Crippen LogP contribution in [0, 0.1) is 5.92 Å². The number of benzene rings is 1. The molecule has 1 aliphatic rings. The third-order valence-electron chi connectivity index (χ3n) is 4.19. The van der Waals surface area contributed by atoms with Crippen molar-refractivity contribution in [2.75, 3.05) is 6.54 Å². The van der Waals surface area contributed by atoms with Crippen molar-refractivity contribution in [2.24, 2.45) is 10.9 Å². The monoisotopic (exact) mass is 439 g/mol. The van der Waals surface area contributed by atoms with Gasteiger partial charge in [0.15, 0.2) is 5.96 Å². The fraction of sp³-hybridized carbons (Fsp3) is 0.444. The van der Waals surface area contributed by atoms with Crippen molar-refractivity contribution in [1.82, 2.24) is 20.4 Å². The predicted molar refractivity (Wildman–Crippen MR) is 109 cm³/mol. The minimum Gasteiger partial charge on any atom is -0.357 e. The van der Waals surface area contributed by atoms with Crippen LogP contribution in [0.15, 0.2) is 47.7 Å². The lowest BCUT2D eigenvalue weighted by molar-refractivity contribution is 0.680. The van der Waals surface area contributed by atoms with Gasteiger partial charge in [0.2, 0.25) is 0 Å². The number of halogens is 1. The first-order valence-corrected chi connectivity index (χ1v) is 8.35. The van der Waals surface area contributed by atoms with Gasteiger partial charge in [-0.15, -0.1) is 24.0 Å². The predicted octanol–water partition coefficient (Wildman–Crippen LogP) is 3.01. The van der Waals surface area contributed by atoms with Gasteiger partial charge in [-0.2, -0.15) is 5.10 Å². The minimum atomic E-state index is 0. The summed E-state index contributed by atoms with van der Waals surface area (Å²) >= 11 is 0. The van der Waals surface area contributed by atoms with E-state index < -0.39 is 0 Å². The topological polar surface area (TPSA) is 54.2 Å². The molecule has 2 atom stereocenters. The average Bonchev–Trinajstić information content (AvgIpc) is 3.01. The summed E-state index contributed by atoms with van der Waals surface area (Å²) in [4.78, 5) is 4.75. The second-order valence-electron chi connectivity index (χ2n) is 6.13. The maximum atomic E-state index is 4.75. The molecule has 0 aliphatic heterocycles. The highest BCUT2D eigenvalue weighted by Gasteiger charge is 2.33. The molecular weight excluding hydrogens is 413 g/mol. The second-order valence-corrected chi connectivity index (χ2v) is 6.13. The first kappa shape index (κ1) is 18.8. The van der Waals surface area contributed by atoms with Gasteiger partial charge in [0.1, 0.15) is 0 Å². The van der Waals surface area contributed by atoms with Crippen LogP contribution in [-0.4, -0.2) is 28.3 Å². The smallest absolute Gasteiger partial charge is 0.191 e. The summed E-state index contributed by atoms with van der Waals surface area (Å²) < 4.78 is 1.94. The first-order valence-electron chi connectivity index (χ1n) is 8.35. The molecule has 0 bridgehead atoms. The Bertz CT molecular complexity index is 653. The molecule has 2 N–H and O–H groups in total. The number of aromatic nitrogens is 2. The molecular formula is C18H26IN5. The van der Waals surface area contributed by atoms with Crippen LogP contribution in [-0.2, 0) is 13.1 Å². The van der Waals surface area contributed by atoms with E-state index in [1.165, 1.54) is 17.5 Å². The molecule has 6 heteroatoms. The molecule has 24 heavy (non-hydrogen) atoms. The fourth-order valence-electron chi connectivity index (χ4n) is 2.62. The van der Waals surface area contributed by atoms with Gasteiger partial charge in [0, 0.05) is 25.0 Å². The lowest BCUT2D eigenvalue weighted by atomic mass is 10.1. The van der Waals surface area contributed by atoms with E-state index in [2.05, 4.69) is 53.8 Å². The number of nitrogens with one attached hydrogen (secondary N) is 2. The number of aliphatic imine (C=N–C) groups is 1. The van der Waals surface area contributed by atoms with Crippen molar-refractivity contribution in [3.05, 3.63) is 53.9 Å². The Morgan fingerprint density at radius 3 is 2.67 bits per heavy atom. The Hall–Kier alpha value is -1.57. The molecule has 2 aromatic rings. The number of nitrogens with zero attached hydrogens (tertiary/aromatic N) is 3.